The highest BCUT2D eigenvalue weighted by molar-refractivity contribution is 4.66. The lowest BCUT2D eigenvalue weighted by molar-refractivity contribution is 0.224. The maximum atomic E-state index is 3.57. The van der Waals surface area contributed by atoms with Crippen LogP contribution in [0.5, 0.6) is 0 Å². The Hall–Kier alpha value is -0.160. The highest BCUT2D eigenvalue weighted by Gasteiger charge is 2.09. The molecular formula is C18H38N4. The van der Waals surface area contributed by atoms with Crippen LogP contribution in [0.3, 0.4) is 0 Å². The Morgan fingerprint density at radius 2 is 1.05 bits per heavy atom. The second-order valence-electron chi connectivity index (χ2n) is 7.01. The molecule has 0 atom stereocenters. The molecule has 22 heavy (non-hydrogen) atoms. The highest BCUT2D eigenvalue weighted by Crippen LogP contribution is 2.09. The highest BCUT2D eigenvalue weighted by atomic mass is 15.1. The molecule has 0 aromatic heterocycles. The molecule has 130 valence electrons. The first-order chi connectivity index (χ1) is 10.9. The molecule has 2 fully saturated rings. The molecule has 0 amide bonds. The lowest BCUT2D eigenvalue weighted by Crippen LogP contribution is -2.37. The number of hydrogen-bond acceptors (Lipinski definition) is 4. The Kier molecular flexibility index (Phi) is 10.2. The minimum atomic E-state index is 1.11. The van der Waals surface area contributed by atoms with E-state index in [1.54, 1.807) is 0 Å². The Balaban J connectivity index is 1.28. The first-order valence-electron chi connectivity index (χ1n) is 9.81. The number of nitrogens with one attached hydrogen (secondary N) is 2. The molecule has 2 heterocycles. The Bertz CT molecular complexity index is 221. The monoisotopic (exact) mass is 310 g/mol. The summed E-state index contributed by atoms with van der Waals surface area (Å²) in [6.07, 6.45) is 11.2. The van der Waals surface area contributed by atoms with Crippen molar-refractivity contribution in [3.8, 4) is 0 Å². The molecule has 2 saturated heterocycles. The number of piperidine rings is 2. The van der Waals surface area contributed by atoms with Gasteiger partial charge in [0.25, 0.3) is 0 Å². The predicted octanol–water partition coefficient (Wildman–Crippen LogP) is 1.92. The maximum absolute atomic E-state index is 3.57. The largest absolute Gasteiger partial charge is 0.315 e. The second-order valence-corrected chi connectivity index (χ2v) is 7.01. The van der Waals surface area contributed by atoms with Crippen LogP contribution >= 0.6 is 0 Å². The molecule has 0 bridgehead atoms. The first-order valence-corrected chi connectivity index (χ1v) is 9.81. The number of hydrogen-bond donors (Lipinski definition) is 2. The van der Waals surface area contributed by atoms with Crippen molar-refractivity contribution >= 4 is 0 Å². The van der Waals surface area contributed by atoms with Gasteiger partial charge in [0.2, 0.25) is 0 Å². The lowest BCUT2D eigenvalue weighted by Gasteiger charge is -2.26. The summed E-state index contributed by atoms with van der Waals surface area (Å²) in [5.74, 6) is 0. The van der Waals surface area contributed by atoms with Gasteiger partial charge in [-0.05, 0) is 77.8 Å². The summed E-state index contributed by atoms with van der Waals surface area (Å²) in [4.78, 5) is 5.25. The molecule has 2 N–H and O–H groups in total. The first kappa shape index (κ1) is 18.2. The van der Waals surface area contributed by atoms with Crippen LogP contribution in [0.25, 0.3) is 0 Å². The summed E-state index contributed by atoms with van der Waals surface area (Å²) < 4.78 is 0. The lowest BCUT2D eigenvalue weighted by atomic mass is 10.1. The SMILES string of the molecule is C1CCN(CCCCNCCNCCN2CCCCC2)CC1. The van der Waals surface area contributed by atoms with E-state index in [4.69, 9.17) is 0 Å². The van der Waals surface area contributed by atoms with Gasteiger partial charge in [-0.3, -0.25) is 0 Å². The van der Waals surface area contributed by atoms with E-state index in [-0.39, 0.29) is 0 Å². The van der Waals surface area contributed by atoms with Gasteiger partial charge < -0.3 is 20.4 Å². The topological polar surface area (TPSA) is 30.5 Å². The molecular weight excluding hydrogens is 272 g/mol. The molecule has 2 rings (SSSR count). The molecule has 4 nitrogen and oxygen atoms in total. The van der Waals surface area contributed by atoms with Crippen LogP contribution in [0, 0.1) is 0 Å². The van der Waals surface area contributed by atoms with E-state index in [0.29, 0.717) is 0 Å². The average Bonchev–Trinajstić information content (AvgIpc) is 2.58. The van der Waals surface area contributed by atoms with Gasteiger partial charge >= 0.3 is 0 Å². The third-order valence-corrected chi connectivity index (χ3v) is 5.06. The van der Waals surface area contributed by atoms with E-state index < -0.39 is 0 Å². The summed E-state index contributed by atoms with van der Waals surface area (Å²) in [5.41, 5.74) is 0. The second kappa shape index (κ2) is 12.3. The molecule has 0 radical (unpaired) electrons. The standard InChI is InChI=1S/C18H38N4/c1-4-13-21(14-5-1)17-8-3-9-19-10-11-20-12-18-22-15-6-2-7-16-22/h19-20H,1-18H2. The molecule has 0 aromatic carbocycles. The quantitative estimate of drug-likeness (QED) is 0.571. The number of unbranched alkanes of at least 4 members (excludes halogenated alkanes) is 1. The number of rotatable bonds is 11. The molecule has 2 aliphatic heterocycles. The van der Waals surface area contributed by atoms with Crippen molar-refractivity contribution in [2.45, 2.75) is 51.4 Å². The van der Waals surface area contributed by atoms with Gasteiger partial charge in [0.1, 0.15) is 0 Å². The van der Waals surface area contributed by atoms with Crippen LogP contribution in [-0.4, -0.2) is 75.2 Å². The fourth-order valence-corrected chi connectivity index (χ4v) is 3.62. The van der Waals surface area contributed by atoms with Crippen molar-refractivity contribution in [3.63, 3.8) is 0 Å². The summed E-state index contributed by atoms with van der Waals surface area (Å²) in [6.45, 7) is 12.4. The van der Waals surface area contributed by atoms with Crippen molar-refractivity contribution in [1.82, 2.24) is 20.4 Å². The van der Waals surface area contributed by atoms with E-state index >= 15 is 0 Å². The average molecular weight is 311 g/mol. The fourth-order valence-electron chi connectivity index (χ4n) is 3.62. The zero-order valence-electron chi connectivity index (χ0n) is 14.6. The molecule has 0 unspecified atom stereocenters. The van der Waals surface area contributed by atoms with Crippen molar-refractivity contribution in [1.29, 1.82) is 0 Å². The van der Waals surface area contributed by atoms with Crippen LogP contribution < -0.4 is 10.6 Å². The number of nitrogens with zero attached hydrogens (tertiary/aromatic N) is 2. The van der Waals surface area contributed by atoms with Gasteiger partial charge in [-0.15, -0.1) is 0 Å². The van der Waals surface area contributed by atoms with Crippen molar-refractivity contribution in [2.75, 3.05) is 65.4 Å². The minimum Gasteiger partial charge on any atom is -0.315 e. The minimum absolute atomic E-state index is 1.11. The zero-order valence-corrected chi connectivity index (χ0v) is 14.6. The van der Waals surface area contributed by atoms with E-state index in [1.165, 1.54) is 97.2 Å². The third kappa shape index (κ3) is 8.47. The van der Waals surface area contributed by atoms with Crippen LogP contribution in [0.4, 0.5) is 0 Å². The zero-order chi connectivity index (χ0) is 15.3. The van der Waals surface area contributed by atoms with Gasteiger partial charge in [0.15, 0.2) is 0 Å². The van der Waals surface area contributed by atoms with Crippen molar-refractivity contribution < 1.29 is 0 Å². The van der Waals surface area contributed by atoms with Gasteiger partial charge in [0.05, 0.1) is 0 Å². The Morgan fingerprint density at radius 1 is 0.500 bits per heavy atom. The van der Waals surface area contributed by atoms with Crippen molar-refractivity contribution in [2.24, 2.45) is 0 Å². The van der Waals surface area contributed by atoms with Crippen LogP contribution in [0.1, 0.15) is 51.4 Å². The van der Waals surface area contributed by atoms with Gasteiger partial charge in [0, 0.05) is 26.2 Å². The van der Waals surface area contributed by atoms with Crippen LogP contribution in [0.15, 0.2) is 0 Å². The van der Waals surface area contributed by atoms with E-state index in [9.17, 15) is 0 Å². The Morgan fingerprint density at radius 3 is 1.68 bits per heavy atom. The molecule has 4 heteroatoms. The molecule has 0 spiro atoms. The molecule has 0 aliphatic carbocycles. The molecule has 0 aromatic rings. The summed E-state index contributed by atoms with van der Waals surface area (Å²) in [5, 5.41) is 7.13. The summed E-state index contributed by atoms with van der Waals surface area (Å²) >= 11 is 0. The molecule has 0 saturated carbocycles. The van der Waals surface area contributed by atoms with Gasteiger partial charge in [-0.2, -0.15) is 0 Å². The van der Waals surface area contributed by atoms with Crippen LogP contribution in [-0.2, 0) is 0 Å². The predicted molar refractivity (Wildman–Crippen MR) is 95.6 cm³/mol. The maximum Gasteiger partial charge on any atom is 0.0107 e. The third-order valence-electron chi connectivity index (χ3n) is 5.06. The van der Waals surface area contributed by atoms with Gasteiger partial charge in [-0.1, -0.05) is 12.8 Å². The van der Waals surface area contributed by atoms with E-state index in [0.717, 1.165) is 19.6 Å². The summed E-state index contributed by atoms with van der Waals surface area (Å²) in [6, 6.07) is 0. The van der Waals surface area contributed by atoms with Gasteiger partial charge in [-0.25, -0.2) is 0 Å². The Labute approximate surface area is 138 Å². The molecule has 2 aliphatic rings. The van der Waals surface area contributed by atoms with Crippen LogP contribution in [0.2, 0.25) is 0 Å². The van der Waals surface area contributed by atoms with E-state index in [1.807, 2.05) is 0 Å². The van der Waals surface area contributed by atoms with Crippen molar-refractivity contribution in [3.05, 3.63) is 0 Å². The van der Waals surface area contributed by atoms with E-state index in [2.05, 4.69) is 20.4 Å². The fraction of sp³-hybridized carbons (Fsp3) is 1.00. The normalized spacial score (nSPS) is 21.3. The smallest absolute Gasteiger partial charge is 0.0107 e. The number of likely N-dealkylation sites (tertiary alicyclic amines) is 2. The summed E-state index contributed by atoms with van der Waals surface area (Å²) in [7, 11) is 0.